The van der Waals surface area contributed by atoms with Crippen LogP contribution in [0, 0.1) is 0 Å². The first kappa shape index (κ1) is 12.7. The number of amides is 1. The van der Waals surface area contributed by atoms with Gasteiger partial charge < -0.3 is 4.74 Å². The molecule has 4 heteroatoms. The van der Waals surface area contributed by atoms with Gasteiger partial charge in [-0.25, -0.2) is 5.84 Å². The van der Waals surface area contributed by atoms with E-state index in [1.807, 2.05) is 24.3 Å². The average Bonchev–Trinajstić information content (AvgIpc) is 2.31. The number of hydrogen-bond donors (Lipinski definition) is 2. The van der Waals surface area contributed by atoms with Gasteiger partial charge in [-0.05, 0) is 17.5 Å². The Hall–Kier alpha value is -1.39. The van der Waals surface area contributed by atoms with Gasteiger partial charge in [-0.3, -0.25) is 10.2 Å². The van der Waals surface area contributed by atoms with E-state index < -0.39 is 0 Å². The predicted molar refractivity (Wildman–Crippen MR) is 62.4 cm³/mol. The molecule has 0 unspecified atom stereocenters. The number of carbonyl (C=O) groups is 1. The van der Waals surface area contributed by atoms with Crippen molar-refractivity contribution in [3.8, 4) is 0 Å². The summed E-state index contributed by atoms with van der Waals surface area (Å²) >= 11 is 0. The number of benzene rings is 1. The highest BCUT2D eigenvalue weighted by Crippen LogP contribution is 2.11. The zero-order valence-electron chi connectivity index (χ0n) is 9.53. The summed E-state index contributed by atoms with van der Waals surface area (Å²) in [4.78, 5) is 11.2. The SMILES string of the molecule is CCCOCc1ccccc1CC(=O)NN. The Labute approximate surface area is 95.8 Å². The Morgan fingerprint density at radius 1 is 1.38 bits per heavy atom. The molecule has 0 aliphatic carbocycles. The van der Waals surface area contributed by atoms with Gasteiger partial charge in [0.25, 0.3) is 0 Å². The molecule has 1 aromatic rings. The van der Waals surface area contributed by atoms with Crippen molar-refractivity contribution in [1.82, 2.24) is 5.43 Å². The smallest absolute Gasteiger partial charge is 0.238 e. The van der Waals surface area contributed by atoms with Crippen LogP contribution in [0.25, 0.3) is 0 Å². The lowest BCUT2D eigenvalue weighted by Gasteiger charge is -2.09. The van der Waals surface area contributed by atoms with Crippen molar-refractivity contribution in [3.05, 3.63) is 35.4 Å². The largest absolute Gasteiger partial charge is 0.377 e. The highest BCUT2D eigenvalue weighted by Gasteiger charge is 2.06. The van der Waals surface area contributed by atoms with Crippen molar-refractivity contribution in [3.63, 3.8) is 0 Å². The van der Waals surface area contributed by atoms with E-state index in [1.54, 1.807) is 0 Å². The number of hydrogen-bond acceptors (Lipinski definition) is 3. The summed E-state index contributed by atoms with van der Waals surface area (Å²) < 4.78 is 5.46. The van der Waals surface area contributed by atoms with Crippen molar-refractivity contribution in [2.75, 3.05) is 6.61 Å². The van der Waals surface area contributed by atoms with Crippen molar-refractivity contribution < 1.29 is 9.53 Å². The second kappa shape index (κ2) is 6.98. The standard InChI is InChI=1S/C12H18N2O2/c1-2-7-16-9-11-6-4-3-5-10(11)8-12(15)14-13/h3-6H,2,7-9,13H2,1H3,(H,14,15). The molecule has 0 aliphatic rings. The van der Waals surface area contributed by atoms with Crippen LogP contribution >= 0.6 is 0 Å². The van der Waals surface area contributed by atoms with E-state index in [-0.39, 0.29) is 5.91 Å². The van der Waals surface area contributed by atoms with Crippen LogP contribution in [-0.2, 0) is 22.6 Å². The van der Waals surface area contributed by atoms with Crippen LogP contribution in [0.4, 0.5) is 0 Å². The molecule has 3 N–H and O–H groups in total. The third kappa shape index (κ3) is 4.00. The Kier molecular flexibility index (Phi) is 5.53. The molecule has 0 aromatic heterocycles. The summed E-state index contributed by atoms with van der Waals surface area (Å²) in [5, 5.41) is 0. The summed E-state index contributed by atoms with van der Waals surface area (Å²) in [6, 6.07) is 7.73. The molecule has 1 rings (SSSR count). The number of nitrogens with two attached hydrogens (primary N) is 1. The predicted octanol–water partition coefficient (Wildman–Crippen LogP) is 1.15. The Balaban J connectivity index is 2.63. The molecule has 0 spiro atoms. The van der Waals surface area contributed by atoms with E-state index in [0.29, 0.717) is 13.0 Å². The Morgan fingerprint density at radius 3 is 2.69 bits per heavy atom. The first-order valence-electron chi connectivity index (χ1n) is 5.42. The van der Waals surface area contributed by atoms with Gasteiger partial charge in [-0.2, -0.15) is 0 Å². The lowest BCUT2D eigenvalue weighted by Crippen LogP contribution is -2.31. The second-order valence-electron chi connectivity index (χ2n) is 3.57. The van der Waals surface area contributed by atoms with E-state index in [9.17, 15) is 4.79 Å². The first-order valence-corrected chi connectivity index (χ1v) is 5.42. The normalized spacial score (nSPS) is 10.1. The molecule has 0 aliphatic heterocycles. The van der Waals surface area contributed by atoms with Crippen molar-refractivity contribution in [2.24, 2.45) is 5.84 Å². The molecule has 1 aromatic carbocycles. The molecule has 0 bridgehead atoms. The molecule has 0 saturated carbocycles. The molecule has 4 nitrogen and oxygen atoms in total. The summed E-state index contributed by atoms with van der Waals surface area (Å²) in [5.41, 5.74) is 4.13. The van der Waals surface area contributed by atoms with Gasteiger partial charge >= 0.3 is 0 Å². The molecule has 0 fully saturated rings. The van der Waals surface area contributed by atoms with Gasteiger partial charge in [0.15, 0.2) is 0 Å². The summed E-state index contributed by atoms with van der Waals surface area (Å²) in [6.45, 7) is 3.34. The minimum absolute atomic E-state index is 0.192. The van der Waals surface area contributed by atoms with E-state index in [1.165, 1.54) is 0 Å². The zero-order valence-corrected chi connectivity index (χ0v) is 9.53. The fourth-order valence-corrected chi connectivity index (χ4v) is 1.42. The average molecular weight is 222 g/mol. The third-order valence-electron chi connectivity index (χ3n) is 2.24. The van der Waals surface area contributed by atoms with Crippen LogP contribution in [0.3, 0.4) is 0 Å². The van der Waals surface area contributed by atoms with Crippen LogP contribution in [-0.4, -0.2) is 12.5 Å². The number of carbonyl (C=O) groups excluding carboxylic acids is 1. The lowest BCUT2D eigenvalue weighted by molar-refractivity contribution is -0.120. The van der Waals surface area contributed by atoms with Gasteiger partial charge in [-0.15, -0.1) is 0 Å². The minimum Gasteiger partial charge on any atom is -0.377 e. The minimum atomic E-state index is -0.192. The highest BCUT2D eigenvalue weighted by atomic mass is 16.5. The fourth-order valence-electron chi connectivity index (χ4n) is 1.42. The number of nitrogens with one attached hydrogen (secondary N) is 1. The second-order valence-corrected chi connectivity index (χ2v) is 3.57. The molecular weight excluding hydrogens is 204 g/mol. The third-order valence-corrected chi connectivity index (χ3v) is 2.24. The summed E-state index contributed by atoms with van der Waals surface area (Å²) in [6.07, 6.45) is 1.29. The number of ether oxygens (including phenoxy) is 1. The molecule has 88 valence electrons. The Morgan fingerprint density at radius 2 is 2.06 bits per heavy atom. The maximum atomic E-state index is 11.2. The molecular formula is C12H18N2O2. The van der Waals surface area contributed by atoms with Gasteiger partial charge in [0.05, 0.1) is 13.0 Å². The zero-order chi connectivity index (χ0) is 11.8. The highest BCUT2D eigenvalue weighted by molar-refractivity contribution is 5.78. The molecule has 16 heavy (non-hydrogen) atoms. The van der Waals surface area contributed by atoms with E-state index in [2.05, 4.69) is 12.3 Å². The molecule has 0 heterocycles. The van der Waals surface area contributed by atoms with E-state index in [0.717, 1.165) is 24.2 Å². The lowest BCUT2D eigenvalue weighted by atomic mass is 10.1. The topological polar surface area (TPSA) is 64.3 Å². The summed E-state index contributed by atoms with van der Waals surface area (Å²) in [5.74, 6) is 4.87. The quantitative estimate of drug-likeness (QED) is 0.328. The number of hydrazine groups is 1. The maximum absolute atomic E-state index is 11.2. The van der Waals surface area contributed by atoms with Gasteiger partial charge in [0, 0.05) is 6.61 Å². The molecule has 0 radical (unpaired) electrons. The van der Waals surface area contributed by atoms with Crippen molar-refractivity contribution >= 4 is 5.91 Å². The maximum Gasteiger partial charge on any atom is 0.238 e. The van der Waals surface area contributed by atoms with Gasteiger partial charge in [0.2, 0.25) is 5.91 Å². The van der Waals surface area contributed by atoms with Crippen LogP contribution in [0.15, 0.2) is 24.3 Å². The van der Waals surface area contributed by atoms with E-state index >= 15 is 0 Å². The van der Waals surface area contributed by atoms with Crippen molar-refractivity contribution in [1.29, 1.82) is 0 Å². The van der Waals surface area contributed by atoms with Crippen LogP contribution in [0.1, 0.15) is 24.5 Å². The van der Waals surface area contributed by atoms with Crippen LogP contribution < -0.4 is 11.3 Å². The van der Waals surface area contributed by atoms with Crippen molar-refractivity contribution in [2.45, 2.75) is 26.4 Å². The number of rotatable bonds is 6. The molecule has 0 atom stereocenters. The van der Waals surface area contributed by atoms with E-state index in [4.69, 9.17) is 10.6 Å². The first-order chi connectivity index (χ1) is 7.77. The molecule has 0 saturated heterocycles. The summed E-state index contributed by atoms with van der Waals surface area (Å²) in [7, 11) is 0. The monoisotopic (exact) mass is 222 g/mol. The van der Waals surface area contributed by atoms with Crippen LogP contribution in [0.5, 0.6) is 0 Å². The Bertz CT molecular complexity index is 340. The van der Waals surface area contributed by atoms with Gasteiger partial charge in [0.1, 0.15) is 0 Å². The molecule has 1 amide bonds. The van der Waals surface area contributed by atoms with Crippen LogP contribution in [0.2, 0.25) is 0 Å². The van der Waals surface area contributed by atoms with Gasteiger partial charge in [-0.1, -0.05) is 31.2 Å². The fraction of sp³-hybridized carbons (Fsp3) is 0.417.